The summed E-state index contributed by atoms with van der Waals surface area (Å²) in [7, 11) is 0. The molecule has 0 spiro atoms. The van der Waals surface area contributed by atoms with Crippen LogP contribution in [-0.2, 0) is 0 Å². The summed E-state index contributed by atoms with van der Waals surface area (Å²) in [5, 5.41) is 11.9. The monoisotopic (exact) mass is 235 g/mol. The summed E-state index contributed by atoms with van der Waals surface area (Å²) in [6.45, 7) is 3.08. The fourth-order valence-corrected chi connectivity index (χ4v) is 1.41. The smallest absolute Gasteiger partial charge is 0.151 e. The largest absolute Gasteiger partial charge is 0.396 e. The molecule has 0 radical (unpaired) electrons. The van der Waals surface area contributed by atoms with Crippen molar-refractivity contribution in [1.29, 1.82) is 0 Å². The van der Waals surface area contributed by atoms with E-state index in [2.05, 4.69) is 28.3 Å². The molecule has 4 heteroatoms. The van der Waals surface area contributed by atoms with Gasteiger partial charge in [0.15, 0.2) is 5.82 Å². The third-order valence-corrected chi connectivity index (χ3v) is 2.35. The highest BCUT2D eigenvalue weighted by Gasteiger charge is 1.99. The highest BCUT2D eigenvalue weighted by atomic mass is 16.3. The first-order valence-electron chi connectivity index (χ1n) is 6.20. The van der Waals surface area contributed by atoms with Crippen molar-refractivity contribution in [3.8, 4) is 0 Å². The second-order valence-corrected chi connectivity index (χ2v) is 3.84. The van der Waals surface area contributed by atoms with E-state index < -0.39 is 0 Å². The Morgan fingerprint density at radius 2 is 2.12 bits per heavy atom. The van der Waals surface area contributed by atoms with Gasteiger partial charge in [0.05, 0.1) is 0 Å². The predicted molar refractivity (Wildman–Crippen MR) is 70.8 cm³/mol. The summed E-state index contributed by atoms with van der Waals surface area (Å²) < 4.78 is 0. The van der Waals surface area contributed by atoms with Gasteiger partial charge in [-0.25, -0.2) is 4.98 Å². The minimum atomic E-state index is 0.189. The maximum Gasteiger partial charge on any atom is 0.151 e. The van der Waals surface area contributed by atoms with E-state index >= 15 is 0 Å². The van der Waals surface area contributed by atoms with Crippen molar-refractivity contribution < 1.29 is 5.11 Å². The van der Waals surface area contributed by atoms with Crippen LogP contribution in [-0.4, -0.2) is 28.2 Å². The standard InChI is InChI=1S/C13H21N3O/c1-2-3-4-5-7-12-13(15-8-6-11-17)16-10-9-14-12/h5,7,9-10,17H,2-4,6,8,11H2,1H3,(H,15,16)/b7-5+. The van der Waals surface area contributed by atoms with E-state index in [0.717, 1.165) is 24.4 Å². The topological polar surface area (TPSA) is 58.0 Å². The van der Waals surface area contributed by atoms with Crippen LogP contribution in [0.2, 0.25) is 0 Å². The molecule has 0 aromatic carbocycles. The minimum Gasteiger partial charge on any atom is -0.396 e. The molecule has 94 valence electrons. The lowest BCUT2D eigenvalue weighted by Crippen LogP contribution is -2.07. The Kier molecular flexibility index (Phi) is 6.98. The third kappa shape index (κ3) is 5.45. The molecule has 0 unspecified atom stereocenters. The van der Waals surface area contributed by atoms with Gasteiger partial charge in [0, 0.05) is 25.5 Å². The van der Waals surface area contributed by atoms with E-state index in [1.807, 2.05) is 6.08 Å². The van der Waals surface area contributed by atoms with Gasteiger partial charge in [0.2, 0.25) is 0 Å². The number of nitrogens with zero attached hydrogens (tertiary/aromatic N) is 2. The van der Waals surface area contributed by atoms with Crippen LogP contribution in [0.3, 0.4) is 0 Å². The number of aliphatic hydroxyl groups excluding tert-OH is 1. The molecule has 0 saturated heterocycles. The van der Waals surface area contributed by atoms with Crippen molar-refractivity contribution in [3.63, 3.8) is 0 Å². The van der Waals surface area contributed by atoms with Crippen LogP contribution in [0.5, 0.6) is 0 Å². The Balaban J connectivity index is 2.54. The Morgan fingerprint density at radius 3 is 2.88 bits per heavy atom. The SMILES string of the molecule is CCCC/C=C/c1nccnc1NCCCO. The Bertz CT molecular complexity index is 339. The molecule has 0 fully saturated rings. The first-order valence-corrected chi connectivity index (χ1v) is 6.20. The number of aliphatic hydroxyl groups is 1. The molecule has 4 nitrogen and oxygen atoms in total. The van der Waals surface area contributed by atoms with Crippen molar-refractivity contribution in [2.24, 2.45) is 0 Å². The van der Waals surface area contributed by atoms with Crippen molar-refractivity contribution >= 4 is 11.9 Å². The van der Waals surface area contributed by atoms with Crippen molar-refractivity contribution in [3.05, 3.63) is 24.2 Å². The molecular weight excluding hydrogens is 214 g/mol. The lowest BCUT2D eigenvalue weighted by Gasteiger charge is -2.06. The number of anilines is 1. The molecule has 0 saturated carbocycles. The molecule has 17 heavy (non-hydrogen) atoms. The van der Waals surface area contributed by atoms with Gasteiger partial charge < -0.3 is 10.4 Å². The number of hydrogen-bond donors (Lipinski definition) is 2. The average Bonchev–Trinajstić information content (AvgIpc) is 2.36. The fraction of sp³-hybridized carbons (Fsp3) is 0.538. The number of hydrogen-bond acceptors (Lipinski definition) is 4. The number of nitrogens with one attached hydrogen (secondary N) is 1. The van der Waals surface area contributed by atoms with E-state index in [1.165, 1.54) is 12.8 Å². The summed E-state index contributed by atoms with van der Waals surface area (Å²) in [5.74, 6) is 0.786. The molecule has 1 heterocycles. The molecule has 0 amide bonds. The quantitative estimate of drug-likeness (QED) is 0.680. The highest BCUT2D eigenvalue weighted by Crippen LogP contribution is 2.11. The number of allylic oxidation sites excluding steroid dienone is 1. The van der Waals surface area contributed by atoms with Gasteiger partial charge in [0.25, 0.3) is 0 Å². The predicted octanol–water partition coefficient (Wildman–Crippen LogP) is 2.47. The summed E-state index contributed by atoms with van der Waals surface area (Å²) in [6, 6.07) is 0. The zero-order valence-corrected chi connectivity index (χ0v) is 10.4. The molecule has 1 aromatic rings. The Hall–Kier alpha value is -1.42. The van der Waals surface area contributed by atoms with Crippen LogP contribution in [0.25, 0.3) is 6.08 Å². The second kappa shape index (κ2) is 8.70. The molecule has 0 bridgehead atoms. The van der Waals surface area contributed by atoms with E-state index in [0.29, 0.717) is 6.54 Å². The number of rotatable bonds is 8. The van der Waals surface area contributed by atoms with Crippen LogP contribution < -0.4 is 5.32 Å². The van der Waals surface area contributed by atoms with E-state index in [9.17, 15) is 0 Å². The summed E-state index contributed by atoms with van der Waals surface area (Å²) >= 11 is 0. The van der Waals surface area contributed by atoms with Crippen molar-refractivity contribution in [2.45, 2.75) is 32.6 Å². The molecule has 0 aliphatic rings. The Labute approximate surface area is 103 Å². The van der Waals surface area contributed by atoms with E-state index in [1.54, 1.807) is 12.4 Å². The first-order chi connectivity index (χ1) is 8.38. The van der Waals surface area contributed by atoms with Gasteiger partial charge in [-0.1, -0.05) is 25.8 Å². The normalized spacial score (nSPS) is 10.9. The Morgan fingerprint density at radius 1 is 1.29 bits per heavy atom. The highest BCUT2D eigenvalue weighted by molar-refractivity contribution is 5.58. The second-order valence-electron chi connectivity index (χ2n) is 3.84. The van der Waals surface area contributed by atoms with Crippen LogP contribution in [0, 0.1) is 0 Å². The molecular formula is C13H21N3O. The third-order valence-electron chi connectivity index (χ3n) is 2.35. The van der Waals surface area contributed by atoms with Gasteiger partial charge in [0.1, 0.15) is 5.69 Å². The maximum absolute atomic E-state index is 8.72. The van der Waals surface area contributed by atoms with Gasteiger partial charge >= 0.3 is 0 Å². The van der Waals surface area contributed by atoms with Gasteiger partial charge in [-0.3, -0.25) is 4.98 Å². The van der Waals surface area contributed by atoms with Gasteiger partial charge in [-0.05, 0) is 18.9 Å². The van der Waals surface area contributed by atoms with Crippen LogP contribution in [0.1, 0.15) is 38.3 Å². The van der Waals surface area contributed by atoms with Crippen molar-refractivity contribution in [2.75, 3.05) is 18.5 Å². The zero-order chi connectivity index (χ0) is 12.3. The lowest BCUT2D eigenvalue weighted by molar-refractivity contribution is 0.292. The molecule has 0 aliphatic carbocycles. The molecule has 1 rings (SSSR count). The number of aromatic nitrogens is 2. The van der Waals surface area contributed by atoms with Crippen molar-refractivity contribution in [1.82, 2.24) is 9.97 Å². The maximum atomic E-state index is 8.72. The van der Waals surface area contributed by atoms with Crippen LogP contribution in [0.15, 0.2) is 18.5 Å². The van der Waals surface area contributed by atoms with E-state index in [-0.39, 0.29) is 6.61 Å². The molecule has 2 N–H and O–H groups in total. The zero-order valence-electron chi connectivity index (χ0n) is 10.4. The molecule has 1 aromatic heterocycles. The molecule has 0 atom stereocenters. The fourth-order valence-electron chi connectivity index (χ4n) is 1.41. The summed E-state index contributed by atoms with van der Waals surface area (Å²) in [4.78, 5) is 8.52. The first kappa shape index (κ1) is 13.6. The average molecular weight is 235 g/mol. The minimum absolute atomic E-state index is 0.189. The molecule has 0 aliphatic heterocycles. The van der Waals surface area contributed by atoms with E-state index in [4.69, 9.17) is 5.11 Å². The number of unbranched alkanes of at least 4 members (excludes halogenated alkanes) is 2. The lowest BCUT2D eigenvalue weighted by atomic mass is 10.2. The van der Waals surface area contributed by atoms with Crippen LogP contribution >= 0.6 is 0 Å². The summed E-state index contributed by atoms with van der Waals surface area (Å²) in [5.41, 5.74) is 0.863. The van der Waals surface area contributed by atoms with Gasteiger partial charge in [-0.2, -0.15) is 0 Å². The van der Waals surface area contributed by atoms with Gasteiger partial charge in [-0.15, -0.1) is 0 Å². The summed E-state index contributed by atoms with van der Waals surface area (Å²) in [6.07, 6.45) is 11.7. The van der Waals surface area contributed by atoms with Crippen LogP contribution in [0.4, 0.5) is 5.82 Å².